The lowest BCUT2D eigenvalue weighted by molar-refractivity contribution is -0.117. The Kier molecular flexibility index (Phi) is 6.20. The predicted molar refractivity (Wildman–Crippen MR) is 97.3 cm³/mol. The SMILES string of the molecule is CN=C(NCc1ccc(N2CCCC2=O)cc1)NCC(C)(C)OC. The minimum atomic E-state index is -0.248. The van der Waals surface area contributed by atoms with Gasteiger partial charge in [0.05, 0.1) is 5.60 Å². The van der Waals surface area contributed by atoms with Gasteiger partial charge in [-0.25, -0.2) is 0 Å². The molecule has 1 aromatic carbocycles. The lowest BCUT2D eigenvalue weighted by Crippen LogP contribution is -2.45. The summed E-state index contributed by atoms with van der Waals surface area (Å²) in [4.78, 5) is 17.8. The molecule has 1 amide bonds. The zero-order valence-corrected chi connectivity index (χ0v) is 15.1. The van der Waals surface area contributed by atoms with Crippen LogP contribution < -0.4 is 15.5 Å². The number of rotatable bonds is 6. The molecule has 0 atom stereocenters. The molecule has 1 fully saturated rings. The fraction of sp³-hybridized carbons (Fsp3) is 0.556. The van der Waals surface area contributed by atoms with Crippen LogP contribution in [0.1, 0.15) is 32.3 Å². The molecule has 132 valence electrons. The number of benzene rings is 1. The summed E-state index contributed by atoms with van der Waals surface area (Å²) in [6.07, 6.45) is 1.60. The molecule has 1 aliphatic rings. The van der Waals surface area contributed by atoms with Crippen molar-refractivity contribution in [3.05, 3.63) is 29.8 Å². The van der Waals surface area contributed by atoms with Crippen molar-refractivity contribution in [1.82, 2.24) is 10.6 Å². The molecule has 24 heavy (non-hydrogen) atoms. The highest BCUT2D eigenvalue weighted by atomic mass is 16.5. The van der Waals surface area contributed by atoms with Crippen LogP contribution >= 0.6 is 0 Å². The fourth-order valence-electron chi connectivity index (χ4n) is 2.49. The first-order valence-electron chi connectivity index (χ1n) is 8.34. The lowest BCUT2D eigenvalue weighted by Gasteiger charge is -2.24. The number of guanidine groups is 1. The van der Waals surface area contributed by atoms with Crippen molar-refractivity contribution in [3.63, 3.8) is 0 Å². The standard InChI is InChI=1S/C18H28N4O2/c1-18(2,24-4)13-21-17(19-3)20-12-14-7-9-15(10-8-14)22-11-5-6-16(22)23/h7-10H,5-6,11-13H2,1-4H3,(H2,19,20,21). The minimum Gasteiger partial charge on any atom is -0.377 e. The van der Waals surface area contributed by atoms with Gasteiger partial charge in [-0.1, -0.05) is 12.1 Å². The van der Waals surface area contributed by atoms with Crippen LogP contribution in [0.5, 0.6) is 0 Å². The summed E-state index contributed by atoms with van der Waals surface area (Å²) < 4.78 is 5.39. The second-order valence-corrected chi connectivity index (χ2v) is 6.56. The number of hydrogen-bond acceptors (Lipinski definition) is 3. The van der Waals surface area contributed by atoms with E-state index in [1.807, 2.05) is 43.0 Å². The van der Waals surface area contributed by atoms with Gasteiger partial charge >= 0.3 is 0 Å². The second-order valence-electron chi connectivity index (χ2n) is 6.56. The Labute approximate surface area is 144 Å². The van der Waals surface area contributed by atoms with Gasteiger partial charge in [0.15, 0.2) is 5.96 Å². The Balaban J connectivity index is 1.86. The Morgan fingerprint density at radius 3 is 2.54 bits per heavy atom. The van der Waals surface area contributed by atoms with Crippen LogP contribution in [0.4, 0.5) is 5.69 Å². The normalized spacial score (nSPS) is 15.8. The number of aliphatic imine (C=N–C) groups is 1. The van der Waals surface area contributed by atoms with Gasteiger partial charge in [-0.05, 0) is 38.0 Å². The number of nitrogens with one attached hydrogen (secondary N) is 2. The molecule has 1 saturated heterocycles. The zero-order chi connectivity index (χ0) is 17.6. The first kappa shape index (κ1) is 18.3. The van der Waals surface area contributed by atoms with E-state index < -0.39 is 0 Å². The van der Waals surface area contributed by atoms with Gasteiger partial charge in [0.1, 0.15) is 0 Å². The van der Waals surface area contributed by atoms with Crippen LogP contribution in [-0.4, -0.2) is 44.7 Å². The summed E-state index contributed by atoms with van der Waals surface area (Å²) in [5, 5.41) is 6.54. The summed E-state index contributed by atoms with van der Waals surface area (Å²) in [6, 6.07) is 8.09. The van der Waals surface area contributed by atoms with Crippen molar-refractivity contribution in [2.75, 3.05) is 32.1 Å². The van der Waals surface area contributed by atoms with Crippen molar-refractivity contribution in [1.29, 1.82) is 0 Å². The topological polar surface area (TPSA) is 66.0 Å². The molecule has 0 radical (unpaired) electrons. The van der Waals surface area contributed by atoms with Crippen LogP contribution in [0.25, 0.3) is 0 Å². The molecular formula is C18H28N4O2. The van der Waals surface area contributed by atoms with Gasteiger partial charge in [0, 0.05) is 45.9 Å². The van der Waals surface area contributed by atoms with E-state index in [9.17, 15) is 4.79 Å². The summed E-state index contributed by atoms with van der Waals surface area (Å²) in [6.45, 7) is 6.19. The number of hydrogen-bond donors (Lipinski definition) is 2. The summed E-state index contributed by atoms with van der Waals surface area (Å²) in [7, 11) is 3.45. The van der Waals surface area contributed by atoms with E-state index >= 15 is 0 Å². The highest BCUT2D eigenvalue weighted by Crippen LogP contribution is 2.21. The van der Waals surface area contributed by atoms with E-state index in [0.29, 0.717) is 19.5 Å². The number of anilines is 1. The van der Waals surface area contributed by atoms with Crippen LogP contribution in [0.15, 0.2) is 29.3 Å². The molecular weight excluding hydrogens is 304 g/mol. The first-order chi connectivity index (χ1) is 11.4. The quantitative estimate of drug-likeness (QED) is 0.617. The van der Waals surface area contributed by atoms with E-state index in [-0.39, 0.29) is 11.5 Å². The van der Waals surface area contributed by atoms with E-state index in [1.165, 1.54) is 0 Å². The monoisotopic (exact) mass is 332 g/mol. The summed E-state index contributed by atoms with van der Waals surface area (Å²) in [5.41, 5.74) is 1.87. The molecule has 0 bridgehead atoms. The highest BCUT2D eigenvalue weighted by molar-refractivity contribution is 5.95. The van der Waals surface area contributed by atoms with Crippen molar-refractivity contribution in [2.45, 2.75) is 38.8 Å². The maximum absolute atomic E-state index is 11.8. The lowest BCUT2D eigenvalue weighted by atomic mass is 10.1. The van der Waals surface area contributed by atoms with Crippen molar-refractivity contribution in [3.8, 4) is 0 Å². The highest BCUT2D eigenvalue weighted by Gasteiger charge is 2.21. The largest absolute Gasteiger partial charge is 0.377 e. The molecule has 0 aliphatic carbocycles. The van der Waals surface area contributed by atoms with Gasteiger partial charge < -0.3 is 20.3 Å². The van der Waals surface area contributed by atoms with Crippen LogP contribution in [0, 0.1) is 0 Å². The van der Waals surface area contributed by atoms with E-state index in [1.54, 1.807) is 14.2 Å². The second kappa shape index (κ2) is 8.15. The maximum Gasteiger partial charge on any atom is 0.227 e. The number of nitrogens with zero attached hydrogens (tertiary/aromatic N) is 2. The molecule has 1 heterocycles. The Bertz CT molecular complexity index is 581. The number of methoxy groups -OCH3 is 1. The van der Waals surface area contributed by atoms with Gasteiger partial charge in [0.25, 0.3) is 0 Å². The fourth-order valence-corrected chi connectivity index (χ4v) is 2.49. The number of carbonyl (C=O) groups is 1. The van der Waals surface area contributed by atoms with E-state index in [4.69, 9.17) is 4.74 Å². The van der Waals surface area contributed by atoms with Gasteiger partial charge in [-0.2, -0.15) is 0 Å². The third-order valence-electron chi connectivity index (χ3n) is 4.24. The Morgan fingerprint density at radius 1 is 1.29 bits per heavy atom. The van der Waals surface area contributed by atoms with Crippen molar-refractivity contribution < 1.29 is 9.53 Å². The third-order valence-corrected chi connectivity index (χ3v) is 4.24. The van der Waals surface area contributed by atoms with Crippen LogP contribution in [-0.2, 0) is 16.1 Å². The molecule has 6 nitrogen and oxygen atoms in total. The molecule has 0 saturated carbocycles. The number of amides is 1. The first-order valence-corrected chi connectivity index (χ1v) is 8.34. The van der Waals surface area contributed by atoms with Crippen LogP contribution in [0.3, 0.4) is 0 Å². The molecule has 0 unspecified atom stereocenters. The molecule has 1 aromatic rings. The summed E-state index contributed by atoms with van der Waals surface area (Å²) in [5.74, 6) is 0.949. The van der Waals surface area contributed by atoms with Crippen molar-refractivity contribution >= 4 is 17.6 Å². The van der Waals surface area contributed by atoms with E-state index in [0.717, 1.165) is 30.2 Å². The zero-order valence-electron chi connectivity index (χ0n) is 15.1. The molecule has 1 aliphatic heterocycles. The summed E-state index contributed by atoms with van der Waals surface area (Å²) >= 11 is 0. The van der Waals surface area contributed by atoms with Crippen molar-refractivity contribution in [2.24, 2.45) is 4.99 Å². The molecule has 2 rings (SSSR count). The predicted octanol–water partition coefficient (Wildman–Crippen LogP) is 1.90. The van der Waals surface area contributed by atoms with Gasteiger partial charge in [-0.3, -0.25) is 9.79 Å². The third kappa shape index (κ3) is 4.96. The maximum atomic E-state index is 11.8. The molecule has 0 spiro atoms. The Morgan fingerprint density at radius 2 is 2.00 bits per heavy atom. The average Bonchev–Trinajstić information content (AvgIpc) is 3.01. The molecule has 0 aromatic heterocycles. The number of carbonyl (C=O) groups excluding carboxylic acids is 1. The molecule has 6 heteroatoms. The molecule has 2 N–H and O–H groups in total. The van der Waals surface area contributed by atoms with E-state index in [2.05, 4.69) is 15.6 Å². The Hall–Kier alpha value is -2.08. The number of ether oxygens (including phenoxy) is 1. The smallest absolute Gasteiger partial charge is 0.227 e. The van der Waals surface area contributed by atoms with Crippen LogP contribution in [0.2, 0.25) is 0 Å². The average molecular weight is 332 g/mol. The van der Waals surface area contributed by atoms with Gasteiger partial charge in [-0.15, -0.1) is 0 Å². The minimum absolute atomic E-state index is 0.214. The van der Waals surface area contributed by atoms with Gasteiger partial charge in [0.2, 0.25) is 5.91 Å².